The van der Waals surface area contributed by atoms with Gasteiger partial charge >= 0.3 is 5.97 Å². The molecule has 0 aliphatic heterocycles. The summed E-state index contributed by atoms with van der Waals surface area (Å²) in [6, 6.07) is 0. The van der Waals surface area contributed by atoms with Crippen LogP contribution in [0.5, 0.6) is 0 Å². The lowest BCUT2D eigenvalue weighted by atomic mass is 10.0. The monoisotopic (exact) mass is 365 g/mol. The number of ether oxygens (including phenoxy) is 1. The largest absolute Gasteiger partial charge is 0.464 e. The van der Waals surface area contributed by atoms with Crippen LogP contribution in [0.1, 0.15) is 52.4 Å². The van der Waals surface area contributed by atoms with Crippen molar-refractivity contribution < 1.29 is 19.1 Å². The third-order valence-corrected chi connectivity index (χ3v) is 4.55. The van der Waals surface area contributed by atoms with Crippen molar-refractivity contribution in [3.63, 3.8) is 0 Å². The van der Waals surface area contributed by atoms with Gasteiger partial charge in [-0.3, -0.25) is 9.59 Å². The zero-order chi connectivity index (χ0) is 20.0. The van der Waals surface area contributed by atoms with Gasteiger partial charge in [0.15, 0.2) is 5.78 Å². The minimum Gasteiger partial charge on any atom is -0.464 e. The highest BCUT2D eigenvalue weighted by molar-refractivity contribution is 6.04. The Labute approximate surface area is 155 Å². The van der Waals surface area contributed by atoms with Crippen LogP contribution in [0.25, 0.3) is 0 Å². The molecule has 1 aromatic heterocycles. The second kappa shape index (κ2) is 9.52. The topological polar surface area (TPSA) is 71.8 Å². The number of carbonyl (C=O) groups excluding carboxylic acids is 3. The molecule has 0 aromatic carbocycles. The van der Waals surface area contributed by atoms with Gasteiger partial charge in [0.2, 0.25) is 5.91 Å². The summed E-state index contributed by atoms with van der Waals surface area (Å²) in [5.74, 6) is -0.669. The van der Waals surface area contributed by atoms with Crippen LogP contribution in [0.15, 0.2) is 0 Å². The van der Waals surface area contributed by atoms with E-state index in [2.05, 4.69) is 0 Å². The van der Waals surface area contributed by atoms with Crippen molar-refractivity contribution in [2.45, 2.75) is 40.7 Å². The van der Waals surface area contributed by atoms with Gasteiger partial charge in [-0.2, -0.15) is 0 Å². The first-order valence-corrected chi connectivity index (χ1v) is 8.93. The van der Waals surface area contributed by atoms with Crippen LogP contribution >= 0.6 is 0 Å². The van der Waals surface area contributed by atoms with Crippen LogP contribution in [-0.2, 0) is 16.1 Å². The van der Waals surface area contributed by atoms with Gasteiger partial charge in [0, 0.05) is 37.3 Å². The van der Waals surface area contributed by atoms with E-state index >= 15 is 0 Å². The number of hydrogen-bond donors (Lipinski definition) is 0. The van der Waals surface area contributed by atoms with Crippen LogP contribution in [0.4, 0.5) is 0 Å². The van der Waals surface area contributed by atoms with Crippen LogP contribution in [0.2, 0.25) is 0 Å². The SMILES string of the molecule is CCC(=O)N(CCN(C)C)CC(=O)c1c(C)c(C(=O)OC)n(CC)c1C. The molecule has 0 aliphatic rings. The smallest absolute Gasteiger partial charge is 0.354 e. The van der Waals surface area contributed by atoms with Crippen molar-refractivity contribution in [1.82, 2.24) is 14.4 Å². The molecule has 0 saturated carbocycles. The van der Waals surface area contributed by atoms with Gasteiger partial charge in [0.1, 0.15) is 5.69 Å². The summed E-state index contributed by atoms with van der Waals surface area (Å²) in [5.41, 5.74) is 2.24. The predicted molar refractivity (Wildman–Crippen MR) is 101 cm³/mol. The number of esters is 1. The van der Waals surface area contributed by atoms with E-state index in [1.165, 1.54) is 7.11 Å². The molecular formula is C19H31N3O4. The first kappa shape index (κ1) is 21.9. The summed E-state index contributed by atoms with van der Waals surface area (Å²) in [7, 11) is 5.18. The Kier molecular flexibility index (Phi) is 8.02. The highest BCUT2D eigenvalue weighted by Crippen LogP contribution is 2.24. The van der Waals surface area contributed by atoms with E-state index in [-0.39, 0.29) is 18.2 Å². The van der Waals surface area contributed by atoms with Gasteiger partial charge in [0.25, 0.3) is 0 Å². The maximum atomic E-state index is 13.0. The van der Waals surface area contributed by atoms with Crippen molar-refractivity contribution in [3.8, 4) is 0 Å². The number of ketones is 1. The molecule has 0 atom stereocenters. The van der Waals surface area contributed by atoms with E-state index in [0.717, 1.165) is 5.69 Å². The predicted octanol–water partition coefficient (Wildman–Crippen LogP) is 1.89. The normalized spacial score (nSPS) is 10.9. The molecule has 146 valence electrons. The molecule has 1 rings (SSSR count). The first-order chi connectivity index (χ1) is 12.2. The maximum Gasteiger partial charge on any atom is 0.354 e. The lowest BCUT2D eigenvalue weighted by Crippen LogP contribution is -2.39. The van der Waals surface area contributed by atoms with Gasteiger partial charge in [-0.25, -0.2) is 4.79 Å². The number of hydrogen-bond acceptors (Lipinski definition) is 5. The second-order valence-electron chi connectivity index (χ2n) is 6.57. The molecule has 1 heterocycles. The van der Waals surface area contributed by atoms with E-state index in [0.29, 0.717) is 42.9 Å². The number of nitrogens with zero attached hydrogens (tertiary/aromatic N) is 3. The molecule has 0 N–H and O–H groups in total. The molecular weight excluding hydrogens is 334 g/mol. The van der Waals surface area contributed by atoms with E-state index in [1.807, 2.05) is 32.8 Å². The minimum absolute atomic E-state index is 0.0104. The maximum absolute atomic E-state index is 13.0. The Morgan fingerprint density at radius 3 is 2.15 bits per heavy atom. The third-order valence-electron chi connectivity index (χ3n) is 4.55. The number of amides is 1. The summed E-state index contributed by atoms with van der Waals surface area (Å²) >= 11 is 0. The molecule has 0 saturated heterocycles. The molecule has 1 aromatic rings. The molecule has 0 spiro atoms. The van der Waals surface area contributed by atoms with E-state index in [4.69, 9.17) is 4.74 Å². The van der Waals surface area contributed by atoms with Gasteiger partial charge in [-0.05, 0) is 40.4 Å². The molecule has 7 heteroatoms. The quantitative estimate of drug-likeness (QED) is 0.494. The van der Waals surface area contributed by atoms with Gasteiger partial charge in [-0.15, -0.1) is 0 Å². The Hall–Kier alpha value is -2.15. The summed E-state index contributed by atoms with van der Waals surface area (Å²) in [5, 5.41) is 0. The first-order valence-electron chi connectivity index (χ1n) is 8.93. The van der Waals surface area contributed by atoms with Crippen LogP contribution in [0.3, 0.4) is 0 Å². The Morgan fingerprint density at radius 1 is 1.08 bits per heavy atom. The van der Waals surface area contributed by atoms with Gasteiger partial charge < -0.3 is 19.1 Å². The fourth-order valence-corrected chi connectivity index (χ4v) is 3.15. The highest BCUT2D eigenvalue weighted by Gasteiger charge is 2.27. The van der Waals surface area contributed by atoms with Crippen LogP contribution in [0, 0.1) is 13.8 Å². The second-order valence-corrected chi connectivity index (χ2v) is 6.57. The van der Waals surface area contributed by atoms with Crippen molar-refractivity contribution in [3.05, 3.63) is 22.5 Å². The summed E-state index contributed by atoms with van der Waals surface area (Å²) in [6.07, 6.45) is 0.349. The number of rotatable bonds is 9. The Balaban J connectivity index is 3.20. The zero-order valence-electron chi connectivity index (χ0n) is 17.0. The lowest BCUT2D eigenvalue weighted by Gasteiger charge is -2.23. The number of likely N-dealkylation sites (N-methyl/N-ethyl adjacent to an activating group) is 1. The Bertz CT molecular complexity index is 677. The molecule has 0 bridgehead atoms. The lowest BCUT2D eigenvalue weighted by molar-refractivity contribution is -0.130. The molecule has 0 radical (unpaired) electrons. The van der Waals surface area contributed by atoms with Crippen molar-refractivity contribution in [2.75, 3.05) is 40.8 Å². The van der Waals surface area contributed by atoms with Gasteiger partial charge in [-0.1, -0.05) is 6.92 Å². The average molecular weight is 365 g/mol. The van der Waals surface area contributed by atoms with Crippen molar-refractivity contribution in [2.24, 2.45) is 0 Å². The average Bonchev–Trinajstić information content (AvgIpc) is 2.86. The molecule has 0 aliphatic carbocycles. The zero-order valence-corrected chi connectivity index (χ0v) is 17.0. The number of carbonyl (C=O) groups is 3. The fourth-order valence-electron chi connectivity index (χ4n) is 3.15. The molecule has 26 heavy (non-hydrogen) atoms. The highest BCUT2D eigenvalue weighted by atomic mass is 16.5. The van der Waals surface area contributed by atoms with Crippen molar-refractivity contribution in [1.29, 1.82) is 0 Å². The van der Waals surface area contributed by atoms with Crippen molar-refractivity contribution >= 4 is 17.7 Å². The summed E-state index contributed by atoms with van der Waals surface area (Å²) in [4.78, 5) is 40.9. The number of Topliss-reactive ketones (excluding diaryl/α,β-unsaturated/α-hetero) is 1. The molecule has 1 amide bonds. The van der Waals surface area contributed by atoms with Gasteiger partial charge in [0.05, 0.1) is 13.7 Å². The summed E-state index contributed by atoms with van der Waals surface area (Å²) in [6.45, 7) is 9.01. The molecule has 0 unspecified atom stereocenters. The minimum atomic E-state index is -0.458. The Morgan fingerprint density at radius 2 is 1.69 bits per heavy atom. The summed E-state index contributed by atoms with van der Waals surface area (Å²) < 4.78 is 6.66. The van der Waals surface area contributed by atoms with E-state index in [1.54, 1.807) is 23.3 Å². The third kappa shape index (κ3) is 4.72. The van der Waals surface area contributed by atoms with Crippen LogP contribution < -0.4 is 0 Å². The molecule has 0 fully saturated rings. The van der Waals surface area contributed by atoms with E-state index in [9.17, 15) is 14.4 Å². The number of aromatic nitrogens is 1. The van der Waals surface area contributed by atoms with Crippen LogP contribution in [-0.4, -0.2) is 72.9 Å². The van der Waals surface area contributed by atoms with E-state index < -0.39 is 5.97 Å². The fraction of sp³-hybridized carbons (Fsp3) is 0.632. The standard InChI is InChI=1S/C19H31N3O4/c1-8-16(24)21(11-10-20(5)6)12-15(23)17-13(3)18(19(25)26-7)22(9-2)14(17)4/h8-12H2,1-7H3. The number of methoxy groups -OCH3 is 1. The molecule has 7 nitrogen and oxygen atoms in total.